The molecule has 0 unspecified atom stereocenters. The largest absolute Gasteiger partial charge is 0.493 e. The van der Waals surface area contributed by atoms with Crippen LogP contribution in [0.4, 0.5) is 0 Å². The number of imidazole rings is 1. The van der Waals surface area contributed by atoms with Crippen LogP contribution in [0.2, 0.25) is 0 Å². The molecule has 1 aromatic heterocycles. The standard InChI is InChI=1S/C30H29N3O4/c1-35-26-17-22(18-27(36-2)29(26)37-3)30(34)31-16-15-28-32-24-13-6-7-14-25(24)33(28)19-21-11-8-10-20-9-4-5-12-23(20)21/h4-14,17-18H,15-16,19H2,1-3H3,(H,31,34). The van der Waals surface area contributed by atoms with Gasteiger partial charge in [0, 0.05) is 25.1 Å². The van der Waals surface area contributed by atoms with E-state index in [0.717, 1.165) is 16.9 Å². The third kappa shape index (κ3) is 4.80. The zero-order valence-corrected chi connectivity index (χ0v) is 21.2. The summed E-state index contributed by atoms with van der Waals surface area (Å²) in [5.41, 5.74) is 3.66. The van der Waals surface area contributed by atoms with Gasteiger partial charge in [0.1, 0.15) is 5.82 Å². The number of nitrogens with one attached hydrogen (secondary N) is 1. The van der Waals surface area contributed by atoms with E-state index in [2.05, 4.69) is 58.4 Å². The molecule has 5 aromatic rings. The first-order valence-electron chi connectivity index (χ1n) is 12.1. The molecule has 0 saturated carbocycles. The number of carbonyl (C=O) groups is 1. The molecule has 0 aliphatic carbocycles. The molecule has 5 rings (SSSR count). The van der Waals surface area contributed by atoms with Crippen molar-refractivity contribution in [3.8, 4) is 17.2 Å². The van der Waals surface area contributed by atoms with Crippen LogP contribution < -0.4 is 19.5 Å². The number of hydrogen-bond acceptors (Lipinski definition) is 5. The van der Waals surface area contributed by atoms with Crippen molar-refractivity contribution in [3.63, 3.8) is 0 Å². The fraction of sp³-hybridized carbons (Fsp3) is 0.200. The average Bonchev–Trinajstić information content (AvgIpc) is 3.29. The van der Waals surface area contributed by atoms with E-state index in [4.69, 9.17) is 19.2 Å². The monoisotopic (exact) mass is 495 g/mol. The number of para-hydroxylation sites is 2. The summed E-state index contributed by atoms with van der Waals surface area (Å²) in [4.78, 5) is 17.9. The van der Waals surface area contributed by atoms with E-state index in [1.807, 2.05) is 18.2 Å². The van der Waals surface area contributed by atoms with Crippen LogP contribution in [0.25, 0.3) is 21.8 Å². The van der Waals surface area contributed by atoms with E-state index in [1.54, 1.807) is 12.1 Å². The molecule has 4 aromatic carbocycles. The normalized spacial score (nSPS) is 11.0. The Labute approximate surface area is 215 Å². The molecule has 0 fully saturated rings. The van der Waals surface area contributed by atoms with Crippen LogP contribution in [0.5, 0.6) is 17.2 Å². The van der Waals surface area contributed by atoms with Crippen LogP contribution in [-0.2, 0) is 13.0 Å². The van der Waals surface area contributed by atoms with Crippen LogP contribution in [0, 0.1) is 0 Å². The van der Waals surface area contributed by atoms with E-state index < -0.39 is 0 Å². The second kappa shape index (κ2) is 10.6. The molecule has 37 heavy (non-hydrogen) atoms. The van der Waals surface area contributed by atoms with E-state index in [-0.39, 0.29) is 5.91 Å². The highest BCUT2D eigenvalue weighted by Crippen LogP contribution is 2.38. The predicted octanol–water partition coefficient (Wildman–Crippen LogP) is 5.24. The van der Waals surface area contributed by atoms with Gasteiger partial charge in [0.05, 0.1) is 32.4 Å². The number of methoxy groups -OCH3 is 3. The SMILES string of the molecule is COc1cc(C(=O)NCCc2nc3ccccc3n2Cc2cccc3ccccc23)cc(OC)c1OC. The molecule has 188 valence electrons. The number of rotatable bonds is 9. The zero-order valence-electron chi connectivity index (χ0n) is 21.2. The number of benzene rings is 4. The first kappa shape index (κ1) is 24.2. The van der Waals surface area contributed by atoms with Gasteiger partial charge in [-0.2, -0.15) is 0 Å². The summed E-state index contributed by atoms with van der Waals surface area (Å²) in [6, 6.07) is 26.2. The van der Waals surface area contributed by atoms with Gasteiger partial charge in [0.15, 0.2) is 11.5 Å². The minimum Gasteiger partial charge on any atom is -0.493 e. The molecule has 7 nitrogen and oxygen atoms in total. The highest BCUT2D eigenvalue weighted by Gasteiger charge is 2.18. The lowest BCUT2D eigenvalue weighted by molar-refractivity contribution is 0.0953. The van der Waals surface area contributed by atoms with Gasteiger partial charge in [-0.15, -0.1) is 0 Å². The van der Waals surface area contributed by atoms with Gasteiger partial charge < -0.3 is 24.1 Å². The van der Waals surface area contributed by atoms with Gasteiger partial charge in [-0.1, -0.05) is 54.6 Å². The summed E-state index contributed by atoms with van der Waals surface area (Å²) in [5.74, 6) is 2.01. The summed E-state index contributed by atoms with van der Waals surface area (Å²) >= 11 is 0. The molecule has 1 N–H and O–H groups in total. The maximum Gasteiger partial charge on any atom is 0.251 e. The predicted molar refractivity (Wildman–Crippen MR) is 145 cm³/mol. The summed E-state index contributed by atoms with van der Waals surface area (Å²) in [7, 11) is 4.59. The fourth-order valence-corrected chi connectivity index (χ4v) is 4.70. The van der Waals surface area contributed by atoms with Crippen molar-refractivity contribution in [2.75, 3.05) is 27.9 Å². The Bertz CT molecular complexity index is 1540. The van der Waals surface area contributed by atoms with E-state index in [9.17, 15) is 4.79 Å². The van der Waals surface area contributed by atoms with Gasteiger partial charge >= 0.3 is 0 Å². The maximum absolute atomic E-state index is 13.0. The van der Waals surface area contributed by atoms with Crippen molar-refractivity contribution in [2.45, 2.75) is 13.0 Å². The number of aromatic nitrogens is 2. The van der Waals surface area contributed by atoms with E-state index in [0.29, 0.717) is 42.3 Å². The van der Waals surface area contributed by atoms with Crippen LogP contribution in [0.3, 0.4) is 0 Å². The second-order valence-electron chi connectivity index (χ2n) is 8.66. The Morgan fingerprint density at radius 1 is 0.865 bits per heavy atom. The van der Waals surface area contributed by atoms with Crippen molar-refractivity contribution in [2.24, 2.45) is 0 Å². The van der Waals surface area contributed by atoms with Crippen LogP contribution in [-0.4, -0.2) is 43.3 Å². The highest BCUT2D eigenvalue weighted by atomic mass is 16.5. The molecule has 0 bridgehead atoms. The summed E-state index contributed by atoms with van der Waals surface area (Å²) in [6.07, 6.45) is 0.579. The molecule has 1 heterocycles. The topological polar surface area (TPSA) is 74.6 Å². The molecule has 0 radical (unpaired) electrons. The van der Waals surface area contributed by atoms with Gasteiger partial charge in [-0.3, -0.25) is 4.79 Å². The summed E-state index contributed by atoms with van der Waals surface area (Å²) in [6.45, 7) is 1.12. The fourth-order valence-electron chi connectivity index (χ4n) is 4.70. The number of carbonyl (C=O) groups excluding carboxylic acids is 1. The molecular weight excluding hydrogens is 466 g/mol. The third-order valence-corrected chi connectivity index (χ3v) is 6.50. The van der Waals surface area contributed by atoms with Gasteiger partial charge in [0.25, 0.3) is 5.91 Å². The first-order valence-corrected chi connectivity index (χ1v) is 12.1. The molecule has 0 aliphatic heterocycles. The number of amides is 1. The number of nitrogens with zero attached hydrogens (tertiary/aromatic N) is 2. The molecule has 0 spiro atoms. The average molecular weight is 496 g/mol. The van der Waals surface area contributed by atoms with Crippen molar-refractivity contribution >= 4 is 27.7 Å². The quantitative estimate of drug-likeness (QED) is 0.303. The molecular formula is C30H29N3O4. The maximum atomic E-state index is 13.0. The van der Waals surface area contributed by atoms with Crippen LogP contribution >= 0.6 is 0 Å². The van der Waals surface area contributed by atoms with Crippen molar-refractivity contribution < 1.29 is 19.0 Å². The lowest BCUT2D eigenvalue weighted by atomic mass is 10.0. The Balaban J connectivity index is 1.38. The number of ether oxygens (including phenoxy) is 3. The van der Waals surface area contributed by atoms with E-state index in [1.165, 1.54) is 37.7 Å². The van der Waals surface area contributed by atoms with Gasteiger partial charge in [-0.25, -0.2) is 4.98 Å². The van der Waals surface area contributed by atoms with Crippen molar-refractivity contribution in [1.82, 2.24) is 14.9 Å². The Morgan fingerprint density at radius 3 is 2.32 bits per heavy atom. The van der Waals surface area contributed by atoms with Crippen LogP contribution in [0.1, 0.15) is 21.7 Å². The van der Waals surface area contributed by atoms with Gasteiger partial charge in [-0.05, 0) is 40.6 Å². The smallest absolute Gasteiger partial charge is 0.251 e. The minimum atomic E-state index is -0.226. The lowest BCUT2D eigenvalue weighted by Gasteiger charge is -2.14. The molecule has 0 aliphatic rings. The molecule has 1 amide bonds. The van der Waals surface area contributed by atoms with Gasteiger partial charge in [0.2, 0.25) is 5.75 Å². The first-order chi connectivity index (χ1) is 18.1. The van der Waals surface area contributed by atoms with Crippen LogP contribution in [0.15, 0.2) is 78.9 Å². The molecule has 0 atom stereocenters. The van der Waals surface area contributed by atoms with E-state index >= 15 is 0 Å². The lowest BCUT2D eigenvalue weighted by Crippen LogP contribution is -2.26. The Morgan fingerprint density at radius 2 is 1.57 bits per heavy atom. The highest BCUT2D eigenvalue weighted by molar-refractivity contribution is 5.95. The second-order valence-corrected chi connectivity index (χ2v) is 8.66. The summed E-state index contributed by atoms with van der Waals surface area (Å²) in [5, 5.41) is 5.45. The number of fused-ring (bicyclic) bond motifs is 2. The van der Waals surface area contributed by atoms with Crippen molar-refractivity contribution in [3.05, 3.63) is 95.8 Å². The molecule has 7 heteroatoms. The zero-order chi connectivity index (χ0) is 25.8. The Hall–Kier alpha value is -4.52. The van der Waals surface area contributed by atoms with Crippen molar-refractivity contribution in [1.29, 1.82) is 0 Å². The minimum absolute atomic E-state index is 0.226. The third-order valence-electron chi connectivity index (χ3n) is 6.50. The summed E-state index contributed by atoms with van der Waals surface area (Å²) < 4.78 is 18.4. The molecule has 0 saturated heterocycles. The number of hydrogen-bond donors (Lipinski definition) is 1. The Kier molecular flexibility index (Phi) is 6.94.